The van der Waals surface area contributed by atoms with E-state index in [2.05, 4.69) is 20.9 Å². The van der Waals surface area contributed by atoms with Crippen LogP contribution in [-0.2, 0) is 11.3 Å². The number of aryl methyl sites for hydroxylation is 1. The Balaban J connectivity index is 1.82. The summed E-state index contributed by atoms with van der Waals surface area (Å²) in [7, 11) is 3.41. The molecule has 0 saturated heterocycles. The van der Waals surface area contributed by atoms with Gasteiger partial charge >= 0.3 is 0 Å². The van der Waals surface area contributed by atoms with Crippen molar-refractivity contribution in [1.82, 2.24) is 9.88 Å². The summed E-state index contributed by atoms with van der Waals surface area (Å²) in [6.45, 7) is 2.50. The molecule has 0 radical (unpaired) electrons. The van der Waals surface area contributed by atoms with Crippen LogP contribution < -0.4 is 11.0 Å². The standard InChI is InChI=1S/C21H19BBrFN2O3/c1-10-3-4-12-13(5-10)20(27)25-16-8-29-9-17(18(12)16)26(2)21(28)11-6-14(22)19(23)15(24)7-11/h3-7,17H,8-9,22H2,1-2H3,(H,25,27). The monoisotopic (exact) mass is 456 g/mol. The predicted molar refractivity (Wildman–Crippen MR) is 116 cm³/mol. The summed E-state index contributed by atoms with van der Waals surface area (Å²) in [5.41, 5.74) is 3.26. The Morgan fingerprint density at radius 3 is 2.79 bits per heavy atom. The molecule has 1 aliphatic heterocycles. The highest BCUT2D eigenvalue weighted by atomic mass is 79.9. The molecule has 29 heavy (non-hydrogen) atoms. The first-order valence-electron chi connectivity index (χ1n) is 9.24. The smallest absolute Gasteiger partial charge is 0.256 e. The van der Waals surface area contributed by atoms with Gasteiger partial charge in [0.15, 0.2) is 0 Å². The van der Waals surface area contributed by atoms with Crippen molar-refractivity contribution in [2.24, 2.45) is 0 Å². The molecule has 0 bridgehead atoms. The van der Waals surface area contributed by atoms with E-state index >= 15 is 0 Å². The second-order valence-electron chi connectivity index (χ2n) is 7.43. The number of carbonyl (C=O) groups is 1. The lowest BCUT2D eigenvalue weighted by Crippen LogP contribution is -2.38. The molecule has 0 aliphatic carbocycles. The fraction of sp³-hybridized carbons (Fsp3) is 0.238. The first-order chi connectivity index (χ1) is 13.8. The van der Waals surface area contributed by atoms with E-state index in [1.165, 1.54) is 6.07 Å². The number of pyridine rings is 1. The maximum absolute atomic E-state index is 14.2. The number of halogens is 2. The zero-order chi connectivity index (χ0) is 20.9. The summed E-state index contributed by atoms with van der Waals surface area (Å²) in [4.78, 5) is 30.1. The van der Waals surface area contributed by atoms with Gasteiger partial charge in [0.05, 0.1) is 19.3 Å². The Hall–Kier alpha value is -2.45. The second-order valence-corrected chi connectivity index (χ2v) is 8.22. The van der Waals surface area contributed by atoms with Crippen LogP contribution in [0.3, 0.4) is 0 Å². The number of rotatable bonds is 2. The SMILES string of the molecule is Bc1cc(C(=O)N(C)C2COCc3[nH]c(=O)c4cc(C)ccc4c32)cc(F)c1Br. The van der Waals surface area contributed by atoms with E-state index in [0.717, 1.165) is 16.5 Å². The molecule has 1 N–H and O–H groups in total. The van der Waals surface area contributed by atoms with Crippen molar-refractivity contribution in [2.45, 2.75) is 19.6 Å². The third-order valence-electron chi connectivity index (χ3n) is 5.40. The number of amides is 1. The second kappa shape index (κ2) is 7.42. The summed E-state index contributed by atoms with van der Waals surface area (Å²) in [5.74, 6) is -0.792. The molecule has 4 rings (SSSR count). The van der Waals surface area contributed by atoms with Crippen LogP contribution in [0.2, 0.25) is 0 Å². The third kappa shape index (κ3) is 3.40. The third-order valence-corrected chi connectivity index (χ3v) is 6.40. The summed E-state index contributed by atoms with van der Waals surface area (Å²) in [6, 6.07) is 8.19. The zero-order valence-electron chi connectivity index (χ0n) is 16.3. The van der Waals surface area contributed by atoms with Gasteiger partial charge in [0.1, 0.15) is 13.7 Å². The zero-order valence-corrected chi connectivity index (χ0v) is 17.9. The average Bonchev–Trinajstić information content (AvgIpc) is 2.70. The van der Waals surface area contributed by atoms with Crippen molar-refractivity contribution in [3.05, 3.63) is 73.4 Å². The summed E-state index contributed by atoms with van der Waals surface area (Å²) >= 11 is 3.18. The first-order valence-corrected chi connectivity index (χ1v) is 10.0. The van der Waals surface area contributed by atoms with E-state index < -0.39 is 11.9 Å². The Kier molecular flexibility index (Phi) is 5.08. The first kappa shape index (κ1) is 19.9. The fourth-order valence-electron chi connectivity index (χ4n) is 3.87. The molecule has 1 aliphatic rings. The fourth-order valence-corrected chi connectivity index (χ4v) is 4.10. The van der Waals surface area contributed by atoms with E-state index in [9.17, 15) is 14.0 Å². The Bertz CT molecular complexity index is 1190. The number of nitrogens with zero attached hydrogens (tertiary/aromatic N) is 1. The molecule has 0 saturated carbocycles. The van der Waals surface area contributed by atoms with Crippen molar-refractivity contribution in [1.29, 1.82) is 0 Å². The molecule has 148 valence electrons. The number of fused-ring (bicyclic) bond motifs is 3. The number of aromatic amines is 1. The number of H-pyrrole nitrogens is 1. The maximum Gasteiger partial charge on any atom is 0.256 e. The molecule has 1 amide bonds. The van der Waals surface area contributed by atoms with Gasteiger partial charge in [0.25, 0.3) is 11.5 Å². The lowest BCUT2D eigenvalue weighted by molar-refractivity contribution is 0.0335. The van der Waals surface area contributed by atoms with E-state index in [1.54, 1.807) is 25.9 Å². The number of benzene rings is 2. The highest BCUT2D eigenvalue weighted by molar-refractivity contribution is 9.10. The van der Waals surface area contributed by atoms with E-state index in [0.29, 0.717) is 27.6 Å². The highest BCUT2D eigenvalue weighted by Gasteiger charge is 2.31. The minimum absolute atomic E-state index is 0.175. The molecular formula is C21H19BBrFN2O3. The van der Waals surface area contributed by atoms with Crippen LogP contribution in [0.4, 0.5) is 4.39 Å². The number of ether oxygens (including phenoxy) is 1. The molecule has 1 atom stereocenters. The Morgan fingerprint density at radius 2 is 2.07 bits per heavy atom. The molecule has 5 nitrogen and oxygen atoms in total. The highest BCUT2D eigenvalue weighted by Crippen LogP contribution is 2.33. The quantitative estimate of drug-likeness (QED) is 0.602. The molecule has 2 aromatic carbocycles. The molecular weight excluding hydrogens is 438 g/mol. The molecule has 1 aromatic heterocycles. The summed E-state index contributed by atoms with van der Waals surface area (Å²) < 4.78 is 20.2. The van der Waals surface area contributed by atoms with E-state index in [4.69, 9.17) is 4.74 Å². The van der Waals surface area contributed by atoms with Gasteiger partial charge in [-0.15, -0.1) is 0 Å². The molecule has 0 spiro atoms. The molecule has 3 aromatic rings. The van der Waals surface area contributed by atoms with Crippen LogP contribution in [0.15, 0.2) is 39.6 Å². The minimum Gasteiger partial charge on any atom is -0.373 e. The molecule has 2 heterocycles. The predicted octanol–water partition coefficient (Wildman–Crippen LogP) is 2.34. The van der Waals surface area contributed by atoms with Crippen molar-refractivity contribution >= 4 is 45.9 Å². The molecule has 1 unspecified atom stereocenters. The van der Waals surface area contributed by atoms with E-state index in [1.807, 2.05) is 25.1 Å². The van der Waals surface area contributed by atoms with Gasteiger partial charge in [-0.25, -0.2) is 4.39 Å². The number of aromatic nitrogens is 1. The number of hydrogen-bond donors (Lipinski definition) is 1. The van der Waals surface area contributed by atoms with E-state index in [-0.39, 0.29) is 23.6 Å². The van der Waals surface area contributed by atoms with Crippen LogP contribution >= 0.6 is 15.9 Å². The Morgan fingerprint density at radius 1 is 1.31 bits per heavy atom. The van der Waals surface area contributed by atoms with Gasteiger partial charge < -0.3 is 14.6 Å². The number of carbonyl (C=O) groups excluding carboxylic acids is 1. The molecule has 8 heteroatoms. The van der Waals surface area contributed by atoms with Crippen molar-refractivity contribution in [3.8, 4) is 0 Å². The van der Waals surface area contributed by atoms with Crippen molar-refractivity contribution in [2.75, 3.05) is 13.7 Å². The van der Waals surface area contributed by atoms with Crippen LogP contribution in [0.25, 0.3) is 10.8 Å². The lowest BCUT2D eigenvalue weighted by atomic mass is 9.92. The van der Waals surface area contributed by atoms with Gasteiger partial charge in [-0.1, -0.05) is 29.2 Å². The summed E-state index contributed by atoms with van der Waals surface area (Å²) in [6.07, 6.45) is 0. The largest absolute Gasteiger partial charge is 0.373 e. The number of hydrogen-bond acceptors (Lipinski definition) is 3. The summed E-state index contributed by atoms with van der Waals surface area (Å²) in [5, 5.41) is 1.39. The topological polar surface area (TPSA) is 62.4 Å². The van der Waals surface area contributed by atoms with Gasteiger partial charge in [-0.05, 0) is 40.4 Å². The van der Waals surface area contributed by atoms with Crippen molar-refractivity contribution in [3.63, 3.8) is 0 Å². The van der Waals surface area contributed by atoms with Crippen molar-refractivity contribution < 1.29 is 13.9 Å². The number of nitrogens with one attached hydrogen (secondary N) is 1. The molecule has 0 fully saturated rings. The van der Waals surface area contributed by atoms with Gasteiger partial charge in [-0.3, -0.25) is 9.59 Å². The van der Waals surface area contributed by atoms with Gasteiger partial charge in [0, 0.05) is 33.7 Å². The average molecular weight is 457 g/mol. The van der Waals surface area contributed by atoms with Crippen LogP contribution in [-0.4, -0.2) is 37.3 Å². The maximum atomic E-state index is 14.2. The minimum atomic E-state index is -0.479. The van der Waals surface area contributed by atoms with Crippen LogP contribution in [0.1, 0.15) is 33.2 Å². The Labute approximate surface area is 176 Å². The van der Waals surface area contributed by atoms with Crippen LogP contribution in [0.5, 0.6) is 0 Å². The van der Waals surface area contributed by atoms with Crippen LogP contribution in [0, 0.1) is 12.7 Å². The van der Waals surface area contributed by atoms with Gasteiger partial charge in [0.2, 0.25) is 0 Å². The number of likely N-dealkylation sites (N-methyl/N-ethyl adjacent to an activating group) is 1. The lowest BCUT2D eigenvalue weighted by Gasteiger charge is -2.34. The van der Waals surface area contributed by atoms with Gasteiger partial charge in [-0.2, -0.15) is 0 Å². The normalized spacial score (nSPS) is 15.9.